The number of hydrogen-bond acceptors (Lipinski definition) is 6. The highest BCUT2D eigenvalue weighted by molar-refractivity contribution is 7.16. The fraction of sp³-hybridized carbons (Fsp3) is 0.429. The minimum atomic E-state index is -0.388. The standard InChI is InChI=1S/C7H11N6O2P/c8-7-9-5-4(6(14)10-7)11-12-13(5)1-2-15-3-16/h1-3,16H2,(H3,8,9,10,14). The van der Waals surface area contributed by atoms with E-state index in [4.69, 9.17) is 10.5 Å². The van der Waals surface area contributed by atoms with Gasteiger partial charge in [0.1, 0.15) is 0 Å². The Kier molecular flexibility index (Phi) is 3.12. The van der Waals surface area contributed by atoms with E-state index in [1.54, 1.807) is 0 Å². The summed E-state index contributed by atoms with van der Waals surface area (Å²) in [6.07, 6.45) is 0.544. The van der Waals surface area contributed by atoms with Gasteiger partial charge in [-0.05, 0) is 0 Å². The van der Waals surface area contributed by atoms with Crippen LogP contribution in [0.1, 0.15) is 0 Å². The lowest BCUT2D eigenvalue weighted by atomic mass is 10.5. The molecule has 0 aliphatic carbocycles. The van der Waals surface area contributed by atoms with E-state index in [1.165, 1.54) is 4.68 Å². The Morgan fingerprint density at radius 3 is 3.12 bits per heavy atom. The quantitative estimate of drug-likeness (QED) is 0.522. The molecule has 3 N–H and O–H groups in total. The highest BCUT2D eigenvalue weighted by Crippen LogP contribution is 2.03. The molecule has 0 amide bonds. The Hall–Kier alpha value is -1.53. The van der Waals surface area contributed by atoms with E-state index in [2.05, 4.69) is 29.5 Å². The van der Waals surface area contributed by atoms with Gasteiger partial charge < -0.3 is 10.5 Å². The van der Waals surface area contributed by atoms with Gasteiger partial charge in [-0.25, -0.2) is 4.68 Å². The number of H-pyrrole nitrogens is 1. The monoisotopic (exact) mass is 242 g/mol. The molecule has 2 aromatic heterocycles. The number of nitrogens with two attached hydrogens (primary N) is 1. The second-order valence-corrected chi connectivity index (χ2v) is 3.34. The van der Waals surface area contributed by atoms with E-state index in [0.29, 0.717) is 25.1 Å². The van der Waals surface area contributed by atoms with Gasteiger partial charge in [0.25, 0.3) is 5.56 Å². The number of ether oxygens (including phenoxy) is 1. The smallest absolute Gasteiger partial charge is 0.282 e. The molecule has 0 aromatic carbocycles. The summed E-state index contributed by atoms with van der Waals surface area (Å²) in [4.78, 5) is 17.7. The number of rotatable bonds is 4. The molecule has 0 aliphatic heterocycles. The molecule has 86 valence electrons. The molecule has 2 heterocycles. The van der Waals surface area contributed by atoms with Gasteiger partial charge in [-0.2, -0.15) is 4.98 Å². The van der Waals surface area contributed by atoms with Gasteiger partial charge in [0.15, 0.2) is 11.2 Å². The Bertz CT molecular complexity index is 549. The topological polar surface area (TPSA) is 112 Å². The maximum absolute atomic E-state index is 11.4. The van der Waals surface area contributed by atoms with Crippen LogP contribution in [0, 0.1) is 0 Å². The zero-order valence-electron chi connectivity index (χ0n) is 8.38. The molecule has 1 atom stereocenters. The van der Waals surface area contributed by atoms with Crippen LogP contribution in [-0.4, -0.2) is 37.9 Å². The van der Waals surface area contributed by atoms with E-state index in [-0.39, 0.29) is 17.0 Å². The number of anilines is 1. The zero-order valence-corrected chi connectivity index (χ0v) is 9.54. The van der Waals surface area contributed by atoms with Crippen LogP contribution >= 0.6 is 9.24 Å². The molecular formula is C7H11N6O2P. The lowest BCUT2D eigenvalue weighted by Gasteiger charge is -2.01. The molecule has 0 fully saturated rings. The molecular weight excluding hydrogens is 231 g/mol. The van der Waals surface area contributed by atoms with Gasteiger partial charge in [-0.3, -0.25) is 9.78 Å². The summed E-state index contributed by atoms with van der Waals surface area (Å²) in [6.45, 7) is 0.942. The molecule has 0 radical (unpaired) electrons. The van der Waals surface area contributed by atoms with Gasteiger partial charge in [0.05, 0.1) is 19.5 Å². The molecule has 2 aromatic rings. The minimum absolute atomic E-state index is 0.0491. The number of fused-ring (bicyclic) bond motifs is 1. The van der Waals surface area contributed by atoms with Crippen LogP contribution in [0.2, 0.25) is 0 Å². The van der Waals surface area contributed by atoms with Crippen molar-refractivity contribution in [3.8, 4) is 0 Å². The van der Waals surface area contributed by atoms with Gasteiger partial charge >= 0.3 is 0 Å². The van der Waals surface area contributed by atoms with Gasteiger partial charge in [-0.1, -0.05) is 5.21 Å². The molecule has 0 aliphatic rings. The van der Waals surface area contributed by atoms with E-state index in [9.17, 15) is 4.79 Å². The van der Waals surface area contributed by atoms with Crippen molar-refractivity contribution in [3.63, 3.8) is 0 Å². The lowest BCUT2D eigenvalue weighted by molar-refractivity contribution is 0.169. The third-order valence-electron chi connectivity index (χ3n) is 1.96. The number of aromatic nitrogens is 5. The van der Waals surface area contributed by atoms with Crippen molar-refractivity contribution in [2.24, 2.45) is 0 Å². The molecule has 8 nitrogen and oxygen atoms in total. The molecule has 1 unspecified atom stereocenters. The largest absolute Gasteiger partial charge is 0.376 e. The Morgan fingerprint density at radius 2 is 2.38 bits per heavy atom. The predicted molar refractivity (Wildman–Crippen MR) is 60.9 cm³/mol. The first-order chi connectivity index (χ1) is 7.72. The average Bonchev–Trinajstić information content (AvgIpc) is 2.62. The Labute approximate surface area is 92.4 Å². The van der Waals surface area contributed by atoms with Gasteiger partial charge in [-0.15, -0.1) is 14.3 Å². The average molecular weight is 242 g/mol. The summed E-state index contributed by atoms with van der Waals surface area (Å²) in [5, 5.41) is 7.54. The normalized spacial score (nSPS) is 11.1. The van der Waals surface area contributed by atoms with Crippen molar-refractivity contribution in [1.82, 2.24) is 25.0 Å². The second-order valence-electron chi connectivity index (χ2n) is 3.01. The molecule has 0 saturated heterocycles. The van der Waals surface area contributed by atoms with E-state index >= 15 is 0 Å². The summed E-state index contributed by atoms with van der Waals surface area (Å²) in [5.41, 5.74) is 5.60. The fourth-order valence-electron chi connectivity index (χ4n) is 1.27. The van der Waals surface area contributed by atoms with Crippen molar-refractivity contribution in [2.45, 2.75) is 6.54 Å². The Morgan fingerprint density at radius 1 is 1.56 bits per heavy atom. The summed E-state index contributed by atoms with van der Waals surface area (Å²) >= 11 is 0. The Balaban J connectivity index is 2.36. The van der Waals surface area contributed by atoms with Crippen molar-refractivity contribution >= 4 is 26.4 Å². The van der Waals surface area contributed by atoms with Crippen LogP contribution in [0.5, 0.6) is 0 Å². The summed E-state index contributed by atoms with van der Waals surface area (Å²) in [5.74, 6) is 0.0491. The number of aromatic amines is 1. The third-order valence-corrected chi connectivity index (χ3v) is 2.19. The maximum atomic E-state index is 11.4. The summed E-state index contributed by atoms with van der Waals surface area (Å²) in [7, 11) is 2.45. The highest BCUT2D eigenvalue weighted by Gasteiger charge is 2.10. The number of nitrogens with one attached hydrogen (secondary N) is 1. The van der Waals surface area contributed by atoms with Crippen molar-refractivity contribution in [3.05, 3.63) is 10.4 Å². The van der Waals surface area contributed by atoms with Crippen LogP contribution < -0.4 is 11.3 Å². The molecule has 0 spiro atoms. The molecule has 2 rings (SSSR count). The first-order valence-corrected chi connectivity index (χ1v) is 5.41. The first kappa shape index (κ1) is 11.0. The summed E-state index contributed by atoms with van der Waals surface area (Å²) in [6, 6.07) is 0. The van der Waals surface area contributed by atoms with Crippen molar-refractivity contribution in [2.75, 3.05) is 18.7 Å². The fourth-order valence-corrected chi connectivity index (χ4v) is 1.43. The van der Waals surface area contributed by atoms with Gasteiger partial charge in [0, 0.05) is 0 Å². The number of hydrogen-bond donors (Lipinski definition) is 2. The predicted octanol–water partition coefficient (Wildman–Crippen LogP) is -1.05. The first-order valence-electron chi connectivity index (χ1n) is 4.59. The van der Waals surface area contributed by atoms with E-state index in [0.717, 1.165) is 0 Å². The molecule has 0 saturated carbocycles. The SMILES string of the molecule is Nc1nc2c(nnn2CCOCP)c(=O)[nH]1. The number of nitrogen functional groups attached to an aromatic ring is 1. The second kappa shape index (κ2) is 4.54. The molecule has 9 heteroatoms. The minimum Gasteiger partial charge on any atom is -0.376 e. The zero-order chi connectivity index (χ0) is 11.5. The van der Waals surface area contributed by atoms with Gasteiger partial charge in [0.2, 0.25) is 5.95 Å². The third kappa shape index (κ3) is 2.02. The van der Waals surface area contributed by atoms with Crippen molar-refractivity contribution in [1.29, 1.82) is 0 Å². The lowest BCUT2D eigenvalue weighted by Crippen LogP contribution is -2.13. The van der Waals surface area contributed by atoms with Crippen LogP contribution in [0.15, 0.2) is 4.79 Å². The highest BCUT2D eigenvalue weighted by atomic mass is 31.0. The summed E-state index contributed by atoms with van der Waals surface area (Å²) < 4.78 is 6.63. The number of nitrogens with zero attached hydrogens (tertiary/aromatic N) is 4. The van der Waals surface area contributed by atoms with E-state index in [1.807, 2.05) is 0 Å². The van der Waals surface area contributed by atoms with Crippen LogP contribution in [-0.2, 0) is 11.3 Å². The van der Waals surface area contributed by atoms with Crippen LogP contribution in [0.4, 0.5) is 5.95 Å². The van der Waals surface area contributed by atoms with Crippen LogP contribution in [0.3, 0.4) is 0 Å². The van der Waals surface area contributed by atoms with Crippen molar-refractivity contribution < 1.29 is 4.74 Å². The van der Waals surface area contributed by atoms with E-state index < -0.39 is 0 Å². The molecule has 0 bridgehead atoms. The molecule has 16 heavy (non-hydrogen) atoms. The maximum Gasteiger partial charge on any atom is 0.282 e. The van der Waals surface area contributed by atoms with Crippen LogP contribution in [0.25, 0.3) is 11.2 Å².